The SMILES string of the molecule is Cc1ccc(-c2nnc(NC(=O)[C@H](C)NC(=O)NC3CCCCC3)s2)cc1. The van der Waals surface area contributed by atoms with Crippen molar-refractivity contribution in [1.29, 1.82) is 0 Å². The number of carbonyl (C=O) groups is 2. The number of hydrogen-bond acceptors (Lipinski definition) is 5. The predicted octanol–water partition coefficient (Wildman–Crippen LogP) is 3.47. The molecule has 3 rings (SSSR count). The van der Waals surface area contributed by atoms with Crippen LogP contribution in [0.1, 0.15) is 44.6 Å². The lowest BCUT2D eigenvalue weighted by molar-refractivity contribution is -0.117. The molecule has 1 aromatic carbocycles. The van der Waals surface area contributed by atoms with E-state index in [1.54, 1.807) is 6.92 Å². The number of urea groups is 1. The minimum atomic E-state index is -0.666. The van der Waals surface area contributed by atoms with Gasteiger partial charge in [0, 0.05) is 11.6 Å². The topological polar surface area (TPSA) is 96.0 Å². The molecule has 0 unspecified atom stereocenters. The number of rotatable bonds is 5. The molecule has 1 aliphatic rings. The minimum absolute atomic E-state index is 0.203. The van der Waals surface area contributed by atoms with Gasteiger partial charge in [-0.2, -0.15) is 0 Å². The first-order valence-electron chi connectivity index (χ1n) is 9.29. The maximum Gasteiger partial charge on any atom is 0.315 e. The molecule has 0 saturated heterocycles. The molecule has 1 aliphatic carbocycles. The van der Waals surface area contributed by atoms with E-state index < -0.39 is 6.04 Å². The van der Waals surface area contributed by atoms with Crippen molar-refractivity contribution in [2.24, 2.45) is 0 Å². The van der Waals surface area contributed by atoms with Crippen LogP contribution in [0, 0.1) is 6.92 Å². The van der Waals surface area contributed by atoms with Crippen molar-refractivity contribution in [2.75, 3.05) is 5.32 Å². The van der Waals surface area contributed by atoms with Crippen LogP contribution < -0.4 is 16.0 Å². The highest BCUT2D eigenvalue weighted by Gasteiger charge is 2.20. The van der Waals surface area contributed by atoms with E-state index in [2.05, 4.69) is 26.1 Å². The van der Waals surface area contributed by atoms with Crippen LogP contribution in [0.3, 0.4) is 0 Å². The third kappa shape index (κ3) is 5.50. The van der Waals surface area contributed by atoms with Crippen molar-refractivity contribution in [3.05, 3.63) is 29.8 Å². The molecule has 1 aromatic heterocycles. The number of nitrogens with zero attached hydrogens (tertiary/aromatic N) is 2. The smallest absolute Gasteiger partial charge is 0.315 e. The molecule has 3 N–H and O–H groups in total. The highest BCUT2D eigenvalue weighted by molar-refractivity contribution is 7.18. The average molecular weight is 388 g/mol. The van der Waals surface area contributed by atoms with Gasteiger partial charge in [0.25, 0.3) is 0 Å². The van der Waals surface area contributed by atoms with E-state index >= 15 is 0 Å². The van der Waals surface area contributed by atoms with Gasteiger partial charge in [0.05, 0.1) is 0 Å². The van der Waals surface area contributed by atoms with Crippen LogP contribution in [0.2, 0.25) is 0 Å². The molecule has 1 heterocycles. The second kappa shape index (κ2) is 8.94. The van der Waals surface area contributed by atoms with Gasteiger partial charge in [0.1, 0.15) is 11.0 Å². The molecule has 0 bridgehead atoms. The first kappa shape index (κ1) is 19.3. The molecule has 3 amide bonds. The molecular weight excluding hydrogens is 362 g/mol. The van der Waals surface area contributed by atoms with Gasteiger partial charge in [0.15, 0.2) is 0 Å². The number of aromatic nitrogens is 2. The Morgan fingerprint density at radius 3 is 2.52 bits per heavy atom. The Balaban J connectivity index is 1.50. The molecule has 8 heteroatoms. The van der Waals surface area contributed by atoms with Crippen LogP contribution in [0.15, 0.2) is 24.3 Å². The van der Waals surface area contributed by atoms with E-state index in [4.69, 9.17) is 0 Å². The maximum absolute atomic E-state index is 12.3. The highest BCUT2D eigenvalue weighted by Crippen LogP contribution is 2.26. The van der Waals surface area contributed by atoms with Crippen molar-refractivity contribution < 1.29 is 9.59 Å². The lowest BCUT2D eigenvalue weighted by atomic mass is 9.96. The zero-order valence-corrected chi connectivity index (χ0v) is 16.4. The van der Waals surface area contributed by atoms with E-state index in [9.17, 15) is 9.59 Å². The van der Waals surface area contributed by atoms with Gasteiger partial charge in [-0.3, -0.25) is 10.1 Å². The Kier molecular flexibility index (Phi) is 6.39. The monoisotopic (exact) mass is 387 g/mol. The molecule has 0 aliphatic heterocycles. The van der Waals surface area contributed by atoms with E-state index in [1.165, 1.54) is 23.3 Å². The van der Waals surface area contributed by atoms with E-state index in [1.807, 2.05) is 31.2 Å². The van der Waals surface area contributed by atoms with Gasteiger partial charge < -0.3 is 10.6 Å². The number of carbonyl (C=O) groups excluding carboxylic acids is 2. The largest absolute Gasteiger partial charge is 0.335 e. The van der Waals surface area contributed by atoms with Crippen molar-refractivity contribution in [2.45, 2.75) is 58.0 Å². The van der Waals surface area contributed by atoms with Crippen molar-refractivity contribution in [3.63, 3.8) is 0 Å². The number of benzene rings is 1. The third-order valence-electron chi connectivity index (χ3n) is 4.63. The van der Waals surface area contributed by atoms with Gasteiger partial charge in [-0.25, -0.2) is 4.79 Å². The Bertz CT molecular complexity index is 784. The van der Waals surface area contributed by atoms with Crippen molar-refractivity contribution in [1.82, 2.24) is 20.8 Å². The predicted molar refractivity (Wildman–Crippen MR) is 107 cm³/mol. The van der Waals surface area contributed by atoms with Gasteiger partial charge in [0.2, 0.25) is 11.0 Å². The summed E-state index contributed by atoms with van der Waals surface area (Å²) < 4.78 is 0. The summed E-state index contributed by atoms with van der Waals surface area (Å²) in [5.74, 6) is -0.319. The summed E-state index contributed by atoms with van der Waals surface area (Å²) in [6, 6.07) is 7.19. The molecule has 0 radical (unpaired) electrons. The first-order chi connectivity index (χ1) is 13.0. The summed E-state index contributed by atoms with van der Waals surface area (Å²) in [6.45, 7) is 3.67. The highest BCUT2D eigenvalue weighted by atomic mass is 32.1. The quantitative estimate of drug-likeness (QED) is 0.732. The standard InChI is InChI=1S/C19H25N5O2S/c1-12-8-10-14(11-9-12)17-23-24-19(27-17)22-16(25)13(2)20-18(26)21-15-6-4-3-5-7-15/h8-11,13,15H,3-7H2,1-2H3,(H2,20,21,26)(H,22,24,25)/t13-/m0/s1. The summed E-state index contributed by atoms with van der Waals surface area (Å²) in [5.41, 5.74) is 2.12. The Labute approximate surface area is 163 Å². The molecule has 27 heavy (non-hydrogen) atoms. The summed E-state index contributed by atoms with van der Waals surface area (Å²) in [5, 5.41) is 17.6. The van der Waals surface area contributed by atoms with Crippen LogP contribution in [0.4, 0.5) is 9.93 Å². The molecule has 1 saturated carbocycles. The molecular formula is C19H25N5O2S. The number of nitrogens with one attached hydrogen (secondary N) is 3. The number of hydrogen-bond donors (Lipinski definition) is 3. The zero-order chi connectivity index (χ0) is 19.2. The fraction of sp³-hybridized carbons (Fsp3) is 0.474. The fourth-order valence-corrected chi connectivity index (χ4v) is 3.79. The average Bonchev–Trinajstić information content (AvgIpc) is 3.11. The molecule has 144 valence electrons. The summed E-state index contributed by atoms with van der Waals surface area (Å²) in [4.78, 5) is 24.4. The van der Waals surface area contributed by atoms with E-state index in [0.717, 1.165) is 36.3 Å². The number of amides is 3. The summed E-state index contributed by atoms with van der Waals surface area (Å²) >= 11 is 1.30. The first-order valence-corrected chi connectivity index (χ1v) is 10.1. The molecule has 0 spiro atoms. The number of aryl methyl sites for hydroxylation is 1. The molecule has 2 aromatic rings. The summed E-state index contributed by atoms with van der Waals surface area (Å²) in [7, 11) is 0. The van der Waals surface area contributed by atoms with Crippen LogP contribution in [-0.2, 0) is 4.79 Å². The molecule has 1 atom stereocenters. The minimum Gasteiger partial charge on any atom is -0.335 e. The third-order valence-corrected chi connectivity index (χ3v) is 5.52. The molecule has 7 nitrogen and oxygen atoms in total. The maximum atomic E-state index is 12.3. The summed E-state index contributed by atoms with van der Waals surface area (Å²) in [6.07, 6.45) is 5.51. The lowest BCUT2D eigenvalue weighted by Crippen LogP contribution is -2.49. The lowest BCUT2D eigenvalue weighted by Gasteiger charge is -2.23. The van der Waals surface area contributed by atoms with Crippen LogP contribution >= 0.6 is 11.3 Å². The molecule has 1 fully saturated rings. The Hall–Kier alpha value is -2.48. The normalized spacial score (nSPS) is 15.8. The van der Waals surface area contributed by atoms with Crippen LogP contribution in [0.5, 0.6) is 0 Å². The van der Waals surface area contributed by atoms with Gasteiger partial charge in [-0.15, -0.1) is 10.2 Å². The number of anilines is 1. The Morgan fingerprint density at radius 1 is 1.11 bits per heavy atom. The Morgan fingerprint density at radius 2 is 1.81 bits per heavy atom. The van der Waals surface area contributed by atoms with Crippen LogP contribution in [-0.4, -0.2) is 34.2 Å². The van der Waals surface area contributed by atoms with Gasteiger partial charge >= 0.3 is 6.03 Å². The zero-order valence-electron chi connectivity index (χ0n) is 15.6. The van der Waals surface area contributed by atoms with Gasteiger partial charge in [-0.1, -0.05) is 60.4 Å². The van der Waals surface area contributed by atoms with Crippen molar-refractivity contribution in [3.8, 4) is 10.6 Å². The second-order valence-electron chi connectivity index (χ2n) is 6.94. The van der Waals surface area contributed by atoms with Gasteiger partial charge in [-0.05, 0) is 26.7 Å². The van der Waals surface area contributed by atoms with E-state index in [-0.39, 0.29) is 18.0 Å². The van der Waals surface area contributed by atoms with Crippen molar-refractivity contribution >= 4 is 28.4 Å². The van der Waals surface area contributed by atoms with Crippen LogP contribution in [0.25, 0.3) is 10.6 Å². The van der Waals surface area contributed by atoms with E-state index in [0.29, 0.717) is 5.13 Å². The fourth-order valence-electron chi connectivity index (χ4n) is 3.04. The second-order valence-corrected chi connectivity index (χ2v) is 7.92.